The van der Waals surface area contributed by atoms with Crippen molar-refractivity contribution in [1.82, 2.24) is 19.6 Å². The zero-order valence-corrected chi connectivity index (χ0v) is 18.3. The lowest BCUT2D eigenvalue weighted by Crippen LogP contribution is -2.13. The minimum absolute atomic E-state index is 0.0158. The molecule has 1 fully saturated rings. The summed E-state index contributed by atoms with van der Waals surface area (Å²) < 4.78 is 7.40. The first-order chi connectivity index (χ1) is 15.9. The van der Waals surface area contributed by atoms with Crippen LogP contribution >= 0.6 is 11.6 Å². The predicted octanol–water partition coefficient (Wildman–Crippen LogP) is 4.48. The number of anilines is 2. The number of nitrogens with one attached hydrogen (secondary N) is 2. The first-order valence-corrected chi connectivity index (χ1v) is 10.7. The maximum absolute atomic E-state index is 12.6. The Balaban J connectivity index is 1.29. The summed E-state index contributed by atoms with van der Waals surface area (Å²) in [6, 6.07) is 13.6. The fourth-order valence-electron chi connectivity index (χ4n) is 3.27. The number of aryl methyl sites for hydroxylation is 1. The highest BCUT2D eigenvalue weighted by molar-refractivity contribution is 6.29. The Labute approximate surface area is 193 Å². The largest absolute Gasteiger partial charge is 0.438 e. The van der Waals surface area contributed by atoms with E-state index in [0.29, 0.717) is 40.0 Å². The monoisotopic (exact) mass is 462 g/mol. The minimum Gasteiger partial charge on any atom is -0.438 e. The number of amides is 2. The Morgan fingerprint density at radius 1 is 1.09 bits per heavy atom. The molecular weight excluding hydrogens is 444 g/mol. The van der Waals surface area contributed by atoms with Crippen molar-refractivity contribution >= 4 is 40.6 Å². The Morgan fingerprint density at radius 3 is 2.73 bits per heavy atom. The molecule has 33 heavy (non-hydrogen) atoms. The molecule has 0 unspecified atom stereocenters. The van der Waals surface area contributed by atoms with Crippen molar-refractivity contribution in [2.75, 3.05) is 10.6 Å². The van der Waals surface area contributed by atoms with E-state index in [1.54, 1.807) is 60.1 Å². The number of hydrogen-bond donors (Lipinski definition) is 2. The van der Waals surface area contributed by atoms with Crippen LogP contribution in [0.15, 0.2) is 54.7 Å². The van der Waals surface area contributed by atoms with Gasteiger partial charge in [-0.3, -0.25) is 9.59 Å². The number of aromatic nitrogens is 4. The number of fused-ring (bicyclic) bond motifs is 1. The quantitative estimate of drug-likeness (QED) is 0.409. The molecule has 2 amide bonds. The average molecular weight is 463 g/mol. The normalized spacial score (nSPS) is 13.0. The molecule has 0 spiro atoms. The van der Waals surface area contributed by atoms with Crippen molar-refractivity contribution in [3.05, 3.63) is 71.1 Å². The fourth-order valence-corrected chi connectivity index (χ4v) is 3.52. The van der Waals surface area contributed by atoms with Gasteiger partial charge in [-0.15, -0.1) is 5.10 Å². The first kappa shape index (κ1) is 20.9. The highest BCUT2D eigenvalue weighted by Gasteiger charge is 2.30. The van der Waals surface area contributed by atoms with Gasteiger partial charge in [0.05, 0.1) is 6.20 Å². The highest BCUT2D eigenvalue weighted by Crippen LogP contribution is 2.30. The number of rotatable bonds is 6. The Morgan fingerprint density at radius 2 is 1.94 bits per heavy atom. The maximum atomic E-state index is 12.6. The highest BCUT2D eigenvalue weighted by atomic mass is 35.5. The van der Waals surface area contributed by atoms with E-state index in [9.17, 15) is 9.59 Å². The molecule has 4 aromatic rings. The van der Waals surface area contributed by atoms with Crippen LogP contribution in [0, 0.1) is 12.8 Å². The Kier molecular flexibility index (Phi) is 5.39. The van der Waals surface area contributed by atoms with Gasteiger partial charge >= 0.3 is 0 Å². The second kappa shape index (κ2) is 8.51. The molecule has 3 heterocycles. The van der Waals surface area contributed by atoms with E-state index in [0.717, 1.165) is 12.8 Å². The number of halogens is 1. The molecule has 1 saturated carbocycles. The van der Waals surface area contributed by atoms with E-state index in [1.165, 1.54) is 6.07 Å². The summed E-state index contributed by atoms with van der Waals surface area (Å²) in [5.41, 5.74) is 2.20. The predicted molar refractivity (Wildman–Crippen MR) is 123 cm³/mol. The Bertz CT molecular complexity index is 1360. The van der Waals surface area contributed by atoms with Crippen LogP contribution in [0.4, 0.5) is 11.5 Å². The summed E-state index contributed by atoms with van der Waals surface area (Å²) in [5.74, 6) is 1.05. The van der Waals surface area contributed by atoms with Gasteiger partial charge in [0.25, 0.3) is 5.91 Å². The molecule has 3 aromatic heterocycles. The SMILES string of the molecule is Cc1cc(C(=O)Nc2cccc(Oc3ccc4nc(NC(=O)C5CC5)cn4n3)c2)cc(Cl)n1. The lowest BCUT2D eigenvalue weighted by atomic mass is 10.2. The van der Waals surface area contributed by atoms with Crippen molar-refractivity contribution < 1.29 is 14.3 Å². The van der Waals surface area contributed by atoms with Crippen LogP contribution in [0.1, 0.15) is 28.9 Å². The molecule has 1 aliphatic carbocycles. The topological polar surface area (TPSA) is 111 Å². The fraction of sp³-hybridized carbons (Fsp3) is 0.174. The second-order valence-electron chi connectivity index (χ2n) is 7.77. The summed E-state index contributed by atoms with van der Waals surface area (Å²) in [7, 11) is 0. The van der Waals surface area contributed by atoms with Crippen molar-refractivity contribution in [1.29, 1.82) is 0 Å². The third kappa shape index (κ3) is 4.93. The zero-order valence-electron chi connectivity index (χ0n) is 17.6. The second-order valence-corrected chi connectivity index (χ2v) is 8.16. The van der Waals surface area contributed by atoms with Gasteiger partial charge in [0.15, 0.2) is 11.5 Å². The van der Waals surface area contributed by atoms with E-state index in [2.05, 4.69) is 25.7 Å². The minimum atomic E-state index is -0.307. The lowest BCUT2D eigenvalue weighted by molar-refractivity contribution is -0.117. The van der Waals surface area contributed by atoms with E-state index in [-0.39, 0.29) is 22.9 Å². The molecule has 10 heteroatoms. The molecule has 0 bridgehead atoms. The molecule has 0 atom stereocenters. The van der Waals surface area contributed by atoms with Gasteiger partial charge in [-0.05, 0) is 50.1 Å². The number of ether oxygens (including phenoxy) is 1. The summed E-state index contributed by atoms with van der Waals surface area (Å²) in [5, 5.41) is 10.3. The molecule has 1 aliphatic rings. The van der Waals surface area contributed by atoms with Gasteiger partial charge in [0.1, 0.15) is 10.9 Å². The van der Waals surface area contributed by atoms with Crippen LogP contribution in [0.2, 0.25) is 5.15 Å². The van der Waals surface area contributed by atoms with Gasteiger partial charge in [0, 0.05) is 35.0 Å². The third-order valence-corrected chi connectivity index (χ3v) is 5.19. The van der Waals surface area contributed by atoms with E-state index in [4.69, 9.17) is 16.3 Å². The number of hydrogen-bond acceptors (Lipinski definition) is 6. The number of imidazole rings is 1. The third-order valence-electron chi connectivity index (χ3n) is 4.99. The van der Waals surface area contributed by atoms with Gasteiger partial charge in [0.2, 0.25) is 11.8 Å². The van der Waals surface area contributed by atoms with Crippen LogP contribution < -0.4 is 15.4 Å². The van der Waals surface area contributed by atoms with Crippen LogP contribution in [0.25, 0.3) is 5.65 Å². The molecule has 0 aliphatic heterocycles. The molecule has 1 aromatic carbocycles. The van der Waals surface area contributed by atoms with E-state index in [1.807, 2.05) is 0 Å². The van der Waals surface area contributed by atoms with Gasteiger partial charge in [-0.25, -0.2) is 14.5 Å². The van der Waals surface area contributed by atoms with E-state index >= 15 is 0 Å². The molecule has 9 nitrogen and oxygen atoms in total. The standard InChI is InChI=1S/C23H19ClN6O3/c1-13-9-15(10-18(24)25-13)23(32)26-16-3-2-4-17(11-16)33-21-8-7-20-27-19(12-30(20)29-21)28-22(31)14-5-6-14/h2-4,7-12,14H,5-6H2,1H3,(H,26,32)(H,28,31). The molecule has 0 saturated heterocycles. The number of benzene rings is 1. The molecule has 5 rings (SSSR count). The average Bonchev–Trinajstić information content (AvgIpc) is 3.54. The number of pyridine rings is 1. The van der Waals surface area contributed by atoms with Crippen LogP contribution in [0.5, 0.6) is 11.6 Å². The lowest BCUT2D eigenvalue weighted by Gasteiger charge is -2.09. The van der Waals surface area contributed by atoms with Gasteiger partial charge < -0.3 is 15.4 Å². The van der Waals surface area contributed by atoms with Crippen molar-refractivity contribution in [2.45, 2.75) is 19.8 Å². The summed E-state index contributed by atoms with van der Waals surface area (Å²) in [6.45, 7) is 1.77. The molecular formula is C23H19ClN6O3. The van der Waals surface area contributed by atoms with Gasteiger partial charge in [-0.2, -0.15) is 0 Å². The van der Waals surface area contributed by atoms with E-state index < -0.39 is 0 Å². The number of nitrogens with zero attached hydrogens (tertiary/aromatic N) is 4. The molecule has 0 radical (unpaired) electrons. The smallest absolute Gasteiger partial charge is 0.255 e. The maximum Gasteiger partial charge on any atom is 0.255 e. The summed E-state index contributed by atoms with van der Waals surface area (Å²) in [4.78, 5) is 32.9. The van der Waals surface area contributed by atoms with Crippen molar-refractivity contribution in [2.24, 2.45) is 5.92 Å². The van der Waals surface area contributed by atoms with Crippen LogP contribution in [-0.4, -0.2) is 31.4 Å². The summed E-state index contributed by atoms with van der Waals surface area (Å²) in [6.07, 6.45) is 3.48. The van der Waals surface area contributed by atoms with Crippen LogP contribution in [-0.2, 0) is 4.79 Å². The van der Waals surface area contributed by atoms with Gasteiger partial charge in [-0.1, -0.05) is 17.7 Å². The van der Waals surface area contributed by atoms with Crippen LogP contribution in [0.3, 0.4) is 0 Å². The van der Waals surface area contributed by atoms with Crippen molar-refractivity contribution in [3.63, 3.8) is 0 Å². The summed E-state index contributed by atoms with van der Waals surface area (Å²) >= 11 is 5.95. The molecule has 166 valence electrons. The number of carbonyl (C=O) groups is 2. The number of carbonyl (C=O) groups excluding carboxylic acids is 2. The van der Waals surface area contributed by atoms with Crippen molar-refractivity contribution in [3.8, 4) is 11.6 Å². The Hall–Kier alpha value is -3.98. The first-order valence-electron chi connectivity index (χ1n) is 10.3. The zero-order chi connectivity index (χ0) is 22.9. The molecule has 2 N–H and O–H groups in total.